The number of hydrogen-bond donors (Lipinski definition) is 2. The van der Waals surface area contributed by atoms with Gasteiger partial charge in [-0.15, -0.1) is 0 Å². The number of fused-ring (bicyclic) bond motifs is 2. The standard InChI is InChI=1S/C16H20N4O4S/c21-15-4-1-11-9-12(2-3-13(11)18-15)25(23,24)20-8-7-19-6-5-17-16(22)14(19)10-20/h2-3,9,14H,1,4-8,10H2,(H,17,22)(H,18,21)/t14-/m0/s1. The molecular weight excluding hydrogens is 344 g/mol. The van der Waals surface area contributed by atoms with Gasteiger partial charge in [0.1, 0.15) is 6.04 Å². The molecule has 134 valence electrons. The molecule has 1 aromatic carbocycles. The van der Waals surface area contributed by atoms with E-state index in [9.17, 15) is 18.0 Å². The summed E-state index contributed by atoms with van der Waals surface area (Å²) >= 11 is 0. The number of piperazine rings is 2. The summed E-state index contributed by atoms with van der Waals surface area (Å²) < 4.78 is 27.4. The molecule has 8 nitrogen and oxygen atoms in total. The molecule has 2 saturated heterocycles. The Hall–Kier alpha value is -1.97. The molecule has 4 rings (SSSR count). The maximum absolute atomic E-state index is 13.0. The Bertz CT molecular complexity index is 839. The van der Waals surface area contributed by atoms with E-state index < -0.39 is 16.1 Å². The second-order valence-electron chi connectivity index (χ2n) is 6.57. The van der Waals surface area contributed by atoms with Crippen LogP contribution in [0, 0.1) is 0 Å². The second-order valence-corrected chi connectivity index (χ2v) is 8.51. The summed E-state index contributed by atoms with van der Waals surface area (Å²) in [5.41, 5.74) is 1.50. The van der Waals surface area contributed by atoms with Crippen molar-refractivity contribution in [2.75, 3.05) is 38.0 Å². The summed E-state index contributed by atoms with van der Waals surface area (Å²) in [7, 11) is -3.67. The first-order chi connectivity index (χ1) is 11.9. The van der Waals surface area contributed by atoms with Crippen LogP contribution in [-0.4, -0.2) is 68.2 Å². The van der Waals surface area contributed by atoms with E-state index in [4.69, 9.17) is 0 Å². The molecule has 2 amide bonds. The predicted molar refractivity (Wildman–Crippen MR) is 90.5 cm³/mol. The third-order valence-corrected chi connectivity index (χ3v) is 6.93. The molecular formula is C16H20N4O4S. The monoisotopic (exact) mass is 364 g/mol. The first-order valence-electron chi connectivity index (χ1n) is 8.40. The second kappa shape index (κ2) is 6.08. The number of hydrogen-bond acceptors (Lipinski definition) is 5. The number of rotatable bonds is 2. The molecule has 9 heteroatoms. The zero-order valence-electron chi connectivity index (χ0n) is 13.7. The van der Waals surface area contributed by atoms with Crippen LogP contribution in [0.4, 0.5) is 5.69 Å². The number of benzene rings is 1. The first kappa shape index (κ1) is 16.5. The molecule has 2 N–H and O–H groups in total. The van der Waals surface area contributed by atoms with Gasteiger partial charge in [0.25, 0.3) is 0 Å². The minimum Gasteiger partial charge on any atom is -0.353 e. The molecule has 1 atom stereocenters. The largest absolute Gasteiger partial charge is 0.353 e. The van der Waals surface area contributed by atoms with E-state index in [1.54, 1.807) is 12.1 Å². The molecule has 3 heterocycles. The number of carbonyl (C=O) groups is 2. The number of anilines is 1. The normalized spacial score (nSPS) is 24.9. The lowest BCUT2D eigenvalue weighted by atomic mass is 10.0. The summed E-state index contributed by atoms with van der Waals surface area (Å²) in [6.07, 6.45) is 0.890. The van der Waals surface area contributed by atoms with Crippen LogP contribution in [0.1, 0.15) is 12.0 Å². The third kappa shape index (κ3) is 2.92. The topological polar surface area (TPSA) is 98.8 Å². The van der Waals surface area contributed by atoms with E-state index in [1.807, 2.05) is 4.90 Å². The van der Waals surface area contributed by atoms with Crippen LogP contribution in [-0.2, 0) is 26.0 Å². The van der Waals surface area contributed by atoms with Gasteiger partial charge in [-0.1, -0.05) is 0 Å². The fourth-order valence-electron chi connectivity index (χ4n) is 3.64. The van der Waals surface area contributed by atoms with Gasteiger partial charge in [-0.2, -0.15) is 4.31 Å². The highest BCUT2D eigenvalue weighted by Crippen LogP contribution is 2.28. The van der Waals surface area contributed by atoms with Gasteiger partial charge < -0.3 is 10.6 Å². The molecule has 0 aromatic heterocycles. The highest BCUT2D eigenvalue weighted by atomic mass is 32.2. The SMILES string of the molecule is O=C1CCc2cc(S(=O)(=O)N3CCN4CCNC(=O)[C@@H]4C3)ccc2N1. The van der Waals surface area contributed by atoms with E-state index in [2.05, 4.69) is 10.6 Å². The van der Waals surface area contributed by atoms with E-state index >= 15 is 0 Å². The number of aryl methyl sites for hydroxylation is 1. The van der Waals surface area contributed by atoms with Crippen molar-refractivity contribution in [2.45, 2.75) is 23.8 Å². The lowest BCUT2D eigenvalue weighted by molar-refractivity contribution is -0.130. The van der Waals surface area contributed by atoms with Crippen LogP contribution in [0.3, 0.4) is 0 Å². The summed E-state index contributed by atoms with van der Waals surface area (Å²) in [5, 5.41) is 5.55. The summed E-state index contributed by atoms with van der Waals surface area (Å²) in [4.78, 5) is 25.7. The fourth-order valence-corrected chi connectivity index (χ4v) is 5.13. The molecule has 25 heavy (non-hydrogen) atoms. The molecule has 2 fully saturated rings. The van der Waals surface area contributed by atoms with Crippen molar-refractivity contribution in [3.8, 4) is 0 Å². The average molecular weight is 364 g/mol. The first-order valence-corrected chi connectivity index (χ1v) is 9.84. The van der Waals surface area contributed by atoms with E-state index in [0.717, 1.165) is 12.1 Å². The van der Waals surface area contributed by atoms with Crippen molar-refractivity contribution in [3.05, 3.63) is 23.8 Å². The highest BCUT2D eigenvalue weighted by Gasteiger charge is 2.39. The molecule has 1 aromatic rings. The Morgan fingerprint density at radius 2 is 1.92 bits per heavy atom. The van der Waals surface area contributed by atoms with Crippen LogP contribution in [0.15, 0.2) is 23.1 Å². The fraction of sp³-hybridized carbons (Fsp3) is 0.500. The minimum absolute atomic E-state index is 0.0532. The predicted octanol–water partition coefficient (Wildman–Crippen LogP) is -0.624. The van der Waals surface area contributed by atoms with Gasteiger partial charge in [0.05, 0.1) is 4.90 Å². The van der Waals surface area contributed by atoms with Crippen molar-refractivity contribution in [1.82, 2.24) is 14.5 Å². The minimum atomic E-state index is -3.67. The van der Waals surface area contributed by atoms with E-state index in [-0.39, 0.29) is 23.3 Å². The molecule has 0 bridgehead atoms. The Balaban J connectivity index is 1.59. The summed E-state index contributed by atoms with van der Waals surface area (Å²) in [5.74, 6) is -0.165. The summed E-state index contributed by atoms with van der Waals surface area (Å²) in [6, 6.07) is 4.38. The molecule has 0 spiro atoms. The van der Waals surface area contributed by atoms with Gasteiger partial charge in [0, 0.05) is 44.8 Å². The maximum atomic E-state index is 13.0. The van der Waals surface area contributed by atoms with Crippen molar-refractivity contribution in [3.63, 3.8) is 0 Å². The quantitative estimate of drug-likeness (QED) is 0.729. The Morgan fingerprint density at radius 1 is 1.08 bits per heavy atom. The Kier molecular flexibility index (Phi) is 4.01. The molecule has 0 unspecified atom stereocenters. The van der Waals surface area contributed by atoms with Gasteiger partial charge in [-0.25, -0.2) is 8.42 Å². The lowest BCUT2D eigenvalue weighted by Gasteiger charge is -2.42. The van der Waals surface area contributed by atoms with Crippen molar-refractivity contribution >= 4 is 27.5 Å². The number of amides is 2. The molecule has 0 radical (unpaired) electrons. The average Bonchev–Trinajstić information content (AvgIpc) is 2.61. The molecule has 3 aliphatic rings. The van der Waals surface area contributed by atoms with Crippen LogP contribution in [0.5, 0.6) is 0 Å². The third-order valence-electron chi connectivity index (χ3n) is 5.06. The zero-order valence-corrected chi connectivity index (χ0v) is 14.5. The van der Waals surface area contributed by atoms with Crippen LogP contribution in [0.25, 0.3) is 0 Å². The van der Waals surface area contributed by atoms with Crippen molar-refractivity contribution in [1.29, 1.82) is 0 Å². The molecule has 0 saturated carbocycles. The van der Waals surface area contributed by atoms with Gasteiger partial charge in [-0.3, -0.25) is 14.5 Å². The van der Waals surface area contributed by atoms with Gasteiger partial charge >= 0.3 is 0 Å². The zero-order chi connectivity index (χ0) is 17.6. The number of sulfonamides is 1. The van der Waals surface area contributed by atoms with Crippen LogP contribution < -0.4 is 10.6 Å². The Labute approximate surface area is 146 Å². The van der Waals surface area contributed by atoms with Crippen molar-refractivity contribution < 1.29 is 18.0 Å². The smallest absolute Gasteiger partial charge is 0.243 e. The van der Waals surface area contributed by atoms with E-state index in [1.165, 1.54) is 10.4 Å². The van der Waals surface area contributed by atoms with Crippen LogP contribution >= 0.6 is 0 Å². The highest BCUT2D eigenvalue weighted by molar-refractivity contribution is 7.89. The number of carbonyl (C=O) groups excluding carboxylic acids is 2. The number of nitrogens with zero attached hydrogens (tertiary/aromatic N) is 2. The van der Waals surface area contributed by atoms with Gasteiger partial charge in [0.2, 0.25) is 21.8 Å². The molecule has 3 aliphatic heterocycles. The summed E-state index contributed by atoms with van der Waals surface area (Å²) in [6.45, 7) is 2.46. The molecule has 0 aliphatic carbocycles. The Morgan fingerprint density at radius 3 is 2.76 bits per heavy atom. The lowest BCUT2D eigenvalue weighted by Crippen LogP contribution is -2.64. The van der Waals surface area contributed by atoms with Crippen LogP contribution in [0.2, 0.25) is 0 Å². The van der Waals surface area contributed by atoms with Gasteiger partial charge in [0.15, 0.2) is 0 Å². The van der Waals surface area contributed by atoms with E-state index in [0.29, 0.717) is 38.2 Å². The maximum Gasteiger partial charge on any atom is 0.243 e. The van der Waals surface area contributed by atoms with Gasteiger partial charge in [-0.05, 0) is 30.2 Å². The van der Waals surface area contributed by atoms with Crippen molar-refractivity contribution in [2.24, 2.45) is 0 Å². The number of nitrogens with one attached hydrogen (secondary N) is 2.